The third-order valence-electron chi connectivity index (χ3n) is 4.06. The Labute approximate surface area is 168 Å². The molecule has 1 aromatic heterocycles. The van der Waals surface area contributed by atoms with Crippen molar-refractivity contribution in [3.05, 3.63) is 95.5 Å². The van der Waals surface area contributed by atoms with E-state index in [4.69, 9.17) is 9.47 Å². The van der Waals surface area contributed by atoms with E-state index < -0.39 is 18.0 Å². The number of aromatic nitrogens is 1. The highest BCUT2D eigenvalue weighted by Gasteiger charge is 2.23. The van der Waals surface area contributed by atoms with Gasteiger partial charge in [-0.15, -0.1) is 0 Å². The summed E-state index contributed by atoms with van der Waals surface area (Å²) in [5.74, 6) is -0.715. The average molecular weight is 392 g/mol. The summed E-state index contributed by atoms with van der Waals surface area (Å²) in [5, 5.41) is 14.2. The van der Waals surface area contributed by atoms with Gasteiger partial charge in [0.25, 0.3) is 5.91 Å². The monoisotopic (exact) mass is 392 g/mol. The van der Waals surface area contributed by atoms with Crippen molar-refractivity contribution < 1.29 is 23.8 Å². The zero-order valence-corrected chi connectivity index (χ0v) is 15.8. The van der Waals surface area contributed by atoms with E-state index in [0.717, 1.165) is 5.56 Å². The zero-order valence-electron chi connectivity index (χ0n) is 15.8. The molecule has 3 aromatic rings. The average Bonchev–Trinajstić information content (AvgIpc) is 2.74. The van der Waals surface area contributed by atoms with E-state index in [1.165, 1.54) is 31.3 Å². The summed E-state index contributed by atoms with van der Waals surface area (Å²) in [6.45, 7) is 1.88. The van der Waals surface area contributed by atoms with Gasteiger partial charge in [0.1, 0.15) is 12.4 Å². The Balaban J connectivity index is 1.52. The Morgan fingerprint density at radius 2 is 1.69 bits per heavy atom. The van der Waals surface area contributed by atoms with Crippen molar-refractivity contribution in [2.75, 3.05) is 5.32 Å². The van der Waals surface area contributed by atoms with Crippen molar-refractivity contribution in [1.29, 1.82) is 0 Å². The molecule has 1 atom stereocenters. The number of ether oxygens (including phenoxy) is 2. The Morgan fingerprint density at radius 1 is 1.00 bits per heavy atom. The minimum absolute atomic E-state index is 0.188. The smallest absolute Gasteiger partial charge is 0.405 e. The molecule has 0 saturated heterocycles. The summed E-state index contributed by atoms with van der Waals surface area (Å²) in [4.78, 5) is 24.3. The normalized spacial score (nSPS) is 11.3. The number of pyridine rings is 1. The van der Waals surface area contributed by atoms with E-state index in [1.807, 2.05) is 30.3 Å². The van der Waals surface area contributed by atoms with Gasteiger partial charge >= 0.3 is 11.7 Å². The van der Waals surface area contributed by atoms with E-state index in [0.29, 0.717) is 22.8 Å². The highest BCUT2D eigenvalue weighted by Crippen LogP contribution is 2.17. The maximum absolute atomic E-state index is 12.3. The number of esters is 1. The summed E-state index contributed by atoms with van der Waals surface area (Å²) < 4.78 is 11.2. The van der Waals surface area contributed by atoms with Gasteiger partial charge in [0.2, 0.25) is 0 Å². The lowest BCUT2D eigenvalue weighted by Crippen LogP contribution is -2.37. The van der Waals surface area contributed by atoms with Gasteiger partial charge in [-0.1, -0.05) is 30.3 Å². The lowest BCUT2D eigenvalue weighted by molar-refractivity contribution is -0.608. The first-order valence-corrected chi connectivity index (χ1v) is 9.00. The molecule has 0 aliphatic rings. The molecule has 1 heterocycles. The number of hydrogen-bond acceptors (Lipinski definition) is 5. The lowest BCUT2D eigenvalue weighted by Gasteiger charge is -2.13. The molecule has 0 bridgehead atoms. The molecule has 0 fully saturated rings. The molecule has 29 heavy (non-hydrogen) atoms. The first-order chi connectivity index (χ1) is 14.0. The molecular weight excluding hydrogens is 372 g/mol. The molecule has 0 aliphatic heterocycles. The summed E-state index contributed by atoms with van der Waals surface area (Å²) >= 11 is 0. The Kier molecular flexibility index (Phi) is 6.42. The SMILES string of the molecule is C[C@H](OC(=O)c1cccc[n+]1[O-])C(=O)Nc1ccc(OCc2ccccc2)cc1. The fraction of sp³-hybridized carbons (Fsp3) is 0.136. The topological polar surface area (TPSA) is 91.6 Å². The number of nitrogens with one attached hydrogen (secondary N) is 1. The molecule has 0 saturated carbocycles. The second-order valence-corrected chi connectivity index (χ2v) is 6.25. The maximum atomic E-state index is 12.3. The number of nitrogens with zero attached hydrogens (tertiary/aromatic N) is 1. The summed E-state index contributed by atoms with van der Waals surface area (Å²) in [5.41, 5.74) is 1.40. The quantitative estimate of drug-likeness (QED) is 0.379. The molecule has 0 unspecified atom stereocenters. The molecule has 0 spiro atoms. The molecule has 2 aromatic carbocycles. The van der Waals surface area contributed by atoms with Crippen LogP contribution in [0.2, 0.25) is 0 Å². The van der Waals surface area contributed by atoms with Crippen molar-refractivity contribution in [2.45, 2.75) is 19.6 Å². The van der Waals surface area contributed by atoms with Crippen LogP contribution in [0.4, 0.5) is 5.69 Å². The van der Waals surface area contributed by atoms with Crippen molar-refractivity contribution >= 4 is 17.6 Å². The fourth-order valence-electron chi connectivity index (χ4n) is 2.48. The van der Waals surface area contributed by atoms with E-state index in [1.54, 1.807) is 24.3 Å². The van der Waals surface area contributed by atoms with Crippen LogP contribution in [0.3, 0.4) is 0 Å². The van der Waals surface area contributed by atoms with E-state index in [2.05, 4.69) is 5.32 Å². The minimum Gasteiger partial charge on any atom is -0.618 e. The van der Waals surface area contributed by atoms with Gasteiger partial charge in [-0.25, -0.2) is 4.79 Å². The first kappa shape index (κ1) is 19.9. The molecule has 0 aliphatic carbocycles. The third kappa shape index (κ3) is 5.55. The third-order valence-corrected chi connectivity index (χ3v) is 4.06. The van der Waals surface area contributed by atoms with Crippen LogP contribution < -0.4 is 14.8 Å². The first-order valence-electron chi connectivity index (χ1n) is 9.00. The molecular formula is C22H20N2O5. The Bertz CT molecular complexity index is 974. The van der Waals surface area contributed by atoms with Crippen LogP contribution in [-0.2, 0) is 16.1 Å². The number of hydrogen-bond donors (Lipinski definition) is 1. The Morgan fingerprint density at radius 3 is 2.38 bits per heavy atom. The van der Waals surface area contributed by atoms with E-state index in [-0.39, 0.29) is 5.69 Å². The summed E-state index contributed by atoms with van der Waals surface area (Å²) in [6, 6.07) is 21.0. The Hall–Kier alpha value is -3.87. The van der Waals surface area contributed by atoms with E-state index in [9.17, 15) is 14.8 Å². The van der Waals surface area contributed by atoms with Gasteiger partial charge in [-0.3, -0.25) is 4.79 Å². The lowest BCUT2D eigenvalue weighted by atomic mass is 10.2. The number of carbonyl (C=O) groups excluding carboxylic acids is 2. The molecule has 3 rings (SSSR count). The van der Waals surface area contributed by atoms with E-state index >= 15 is 0 Å². The van der Waals surface area contributed by atoms with Gasteiger partial charge in [0, 0.05) is 17.8 Å². The number of amides is 1. The molecule has 7 heteroatoms. The molecule has 148 valence electrons. The number of rotatable bonds is 7. The van der Waals surface area contributed by atoms with Crippen LogP contribution in [0.15, 0.2) is 79.0 Å². The standard InChI is InChI=1S/C22H20N2O5/c1-16(29-22(26)20-9-5-6-14-24(20)27)21(25)23-18-10-12-19(13-11-18)28-15-17-7-3-2-4-8-17/h2-14,16H,15H2,1H3,(H,23,25)/t16-/m0/s1. The van der Waals surface area contributed by atoms with Crippen LogP contribution in [0.1, 0.15) is 23.0 Å². The fourth-order valence-corrected chi connectivity index (χ4v) is 2.48. The van der Waals surface area contributed by atoms with Crippen LogP contribution in [0, 0.1) is 5.21 Å². The van der Waals surface area contributed by atoms with Crippen molar-refractivity contribution in [1.82, 2.24) is 0 Å². The molecule has 7 nitrogen and oxygen atoms in total. The van der Waals surface area contributed by atoms with Crippen molar-refractivity contribution in [3.8, 4) is 5.75 Å². The summed E-state index contributed by atoms with van der Waals surface area (Å²) in [7, 11) is 0. The van der Waals surface area contributed by atoms with Gasteiger partial charge in [-0.2, -0.15) is 4.73 Å². The minimum atomic E-state index is -1.07. The number of benzene rings is 2. The molecule has 0 radical (unpaired) electrons. The number of anilines is 1. The highest BCUT2D eigenvalue weighted by molar-refractivity contribution is 5.96. The maximum Gasteiger partial charge on any atom is 0.405 e. The van der Waals surface area contributed by atoms with Crippen molar-refractivity contribution in [3.63, 3.8) is 0 Å². The second kappa shape index (κ2) is 9.36. The zero-order chi connectivity index (χ0) is 20.6. The van der Waals surface area contributed by atoms with Crippen LogP contribution in [0.25, 0.3) is 0 Å². The van der Waals surface area contributed by atoms with Gasteiger partial charge in [0.05, 0.1) is 0 Å². The van der Waals surface area contributed by atoms with Crippen LogP contribution in [-0.4, -0.2) is 18.0 Å². The largest absolute Gasteiger partial charge is 0.618 e. The van der Waals surface area contributed by atoms with Crippen molar-refractivity contribution in [2.24, 2.45) is 0 Å². The predicted molar refractivity (Wildman–Crippen MR) is 106 cm³/mol. The van der Waals surface area contributed by atoms with Gasteiger partial charge in [0.15, 0.2) is 12.3 Å². The summed E-state index contributed by atoms with van der Waals surface area (Å²) in [6.07, 6.45) is 0.111. The molecule has 1 amide bonds. The van der Waals surface area contributed by atoms with Crippen LogP contribution >= 0.6 is 0 Å². The van der Waals surface area contributed by atoms with Gasteiger partial charge in [-0.05, 0) is 42.8 Å². The van der Waals surface area contributed by atoms with Gasteiger partial charge < -0.3 is 20.0 Å². The molecule has 1 N–H and O–H groups in total. The predicted octanol–water partition coefficient (Wildman–Crippen LogP) is 3.08. The van der Waals surface area contributed by atoms with Crippen LogP contribution in [0.5, 0.6) is 5.75 Å². The second-order valence-electron chi connectivity index (χ2n) is 6.25. The highest BCUT2D eigenvalue weighted by atomic mass is 16.6. The number of carbonyl (C=O) groups is 2.